The fraction of sp³-hybridized carbons (Fsp3) is 0.936. The monoisotopic (exact) mass is 736 g/mol. The molecule has 0 fully saturated rings. The van der Waals surface area contributed by atoms with Crippen LogP contribution in [0.15, 0.2) is 12.2 Å². The summed E-state index contributed by atoms with van der Waals surface area (Å²) in [6.07, 6.45) is 51.1. The summed E-state index contributed by atoms with van der Waals surface area (Å²) in [5, 5.41) is 33.2. The van der Waals surface area contributed by atoms with Crippen molar-refractivity contribution in [1.82, 2.24) is 5.32 Å². The van der Waals surface area contributed by atoms with E-state index in [-0.39, 0.29) is 6.61 Å². The molecule has 0 aromatic rings. The summed E-state index contributed by atoms with van der Waals surface area (Å²) in [5.41, 5.74) is 0. The van der Waals surface area contributed by atoms with Crippen molar-refractivity contribution in [3.63, 3.8) is 0 Å². The molecule has 52 heavy (non-hydrogen) atoms. The molecule has 4 N–H and O–H groups in total. The zero-order valence-electron chi connectivity index (χ0n) is 35.2. The number of rotatable bonds is 43. The molecule has 0 saturated heterocycles. The molecular weight excluding hydrogens is 643 g/mol. The van der Waals surface area contributed by atoms with Gasteiger partial charge in [0.15, 0.2) is 0 Å². The number of aliphatic hydroxyl groups is 3. The second-order valence-electron chi connectivity index (χ2n) is 16.3. The molecule has 0 saturated carbocycles. The standard InChI is InChI=1S/C47H93NO4/c1-3-5-7-9-11-13-15-17-19-21-22-23-24-25-26-28-30-32-34-36-38-40-42-46(51)47(52)48-44(43-49)45(50)41-39-37-35-33-31-29-27-20-18-16-14-12-10-8-6-4-2/h39,41,44-46,49-51H,3-38,40,42-43H2,1-2H3,(H,48,52)/b41-39+. The second kappa shape index (κ2) is 42.8. The highest BCUT2D eigenvalue weighted by Crippen LogP contribution is 2.17. The Hall–Kier alpha value is -0.910. The minimum Gasteiger partial charge on any atom is -0.394 e. The number of carbonyl (C=O) groups is 1. The van der Waals surface area contributed by atoms with E-state index in [1.54, 1.807) is 6.08 Å². The number of allylic oxidation sites excluding steroid dienone is 1. The molecule has 310 valence electrons. The van der Waals surface area contributed by atoms with E-state index in [1.165, 1.54) is 205 Å². The van der Waals surface area contributed by atoms with Crippen LogP contribution in [-0.4, -0.2) is 46.1 Å². The fourth-order valence-electron chi connectivity index (χ4n) is 7.42. The van der Waals surface area contributed by atoms with Crippen LogP contribution in [0, 0.1) is 0 Å². The van der Waals surface area contributed by atoms with Crippen LogP contribution in [0.5, 0.6) is 0 Å². The van der Waals surface area contributed by atoms with E-state index in [0.717, 1.165) is 32.1 Å². The highest BCUT2D eigenvalue weighted by Gasteiger charge is 2.22. The van der Waals surface area contributed by atoms with Gasteiger partial charge in [0.25, 0.3) is 0 Å². The van der Waals surface area contributed by atoms with Crippen LogP contribution in [0.4, 0.5) is 0 Å². The van der Waals surface area contributed by atoms with E-state index in [9.17, 15) is 20.1 Å². The predicted octanol–water partition coefficient (Wildman–Crippen LogP) is 13.6. The van der Waals surface area contributed by atoms with E-state index < -0.39 is 24.2 Å². The minimum absolute atomic E-state index is 0.359. The molecule has 3 atom stereocenters. The third-order valence-electron chi connectivity index (χ3n) is 11.1. The lowest BCUT2D eigenvalue weighted by atomic mass is 10.0. The summed E-state index contributed by atoms with van der Waals surface area (Å²) in [6, 6.07) is -0.792. The summed E-state index contributed by atoms with van der Waals surface area (Å²) in [4.78, 5) is 12.5. The van der Waals surface area contributed by atoms with Crippen molar-refractivity contribution < 1.29 is 20.1 Å². The number of carbonyl (C=O) groups excluding carboxylic acids is 1. The van der Waals surface area contributed by atoms with Gasteiger partial charge in [0.2, 0.25) is 5.91 Å². The zero-order valence-corrected chi connectivity index (χ0v) is 35.2. The molecule has 0 radical (unpaired) electrons. The van der Waals surface area contributed by atoms with Gasteiger partial charge in [-0.05, 0) is 19.3 Å². The van der Waals surface area contributed by atoms with Gasteiger partial charge in [0.1, 0.15) is 6.10 Å². The molecule has 0 spiro atoms. The van der Waals surface area contributed by atoms with Crippen molar-refractivity contribution >= 4 is 5.91 Å². The molecule has 3 unspecified atom stereocenters. The molecular formula is C47H93NO4. The van der Waals surface area contributed by atoms with Gasteiger partial charge in [-0.2, -0.15) is 0 Å². The molecule has 0 bridgehead atoms. The van der Waals surface area contributed by atoms with Crippen LogP contribution in [0.1, 0.15) is 258 Å². The van der Waals surface area contributed by atoms with Gasteiger partial charge in [-0.3, -0.25) is 4.79 Å². The first-order valence-electron chi connectivity index (χ1n) is 23.5. The van der Waals surface area contributed by atoms with Crippen LogP contribution in [-0.2, 0) is 4.79 Å². The first-order chi connectivity index (χ1) is 25.6. The van der Waals surface area contributed by atoms with E-state index in [2.05, 4.69) is 19.2 Å². The van der Waals surface area contributed by atoms with Crippen molar-refractivity contribution in [3.05, 3.63) is 12.2 Å². The van der Waals surface area contributed by atoms with Gasteiger partial charge in [-0.25, -0.2) is 0 Å². The summed E-state index contributed by atoms with van der Waals surface area (Å²) in [7, 11) is 0. The summed E-state index contributed by atoms with van der Waals surface area (Å²) < 4.78 is 0. The Labute approximate surface area is 325 Å². The molecule has 0 heterocycles. The zero-order chi connectivity index (χ0) is 38.0. The number of amides is 1. The summed E-state index contributed by atoms with van der Waals surface area (Å²) >= 11 is 0. The van der Waals surface area contributed by atoms with Crippen molar-refractivity contribution in [2.75, 3.05) is 6.61 Å². The maximum absolute atomic E-state index is 12.5. The van der Waals surface area contributed by atoms with Gasteiger partial charge in [-0.1, -0.05) is 251 Å². The van der Waals surface area contributed by atoms with Crippen LogP contribution in [0.2, 0.25) is 0 Å². The smallest absolute Gasteiger partial charge is 0.249 e. The highest BCUT2D eigenvalue weighted by molar-refractivity contribution is 5.80. The van der Waals surface area contributed by atoms with Crippen LogP contribution >= 0.6 is 0 Å². The summed E-state index contributed by atoms with van der Waals surface area (Å²) in [6.45, 7) is 4.20. The molecule has 1 amide bonds. The SMILES string of the molecule is CCCCCCCCCCCCCCCC/C=C/C(O)C(CO)NC(=O)C(O)CCCCCCCCCCCCCCCCCCCCCCCC. The quantitative estimate of drug-likeness (QED) is 0.0371. The lowest BCUT2D eigenvalue weighted by Gasteiger charge is -2.21. The average molecular weight is 736 g/mol. The molecule has 0 aliphatic carbocycles. The van der Waals surface area contributed by atoms with E-state index in [4.69, 9.17) is 0 Å². The molecule has 5 heteroatoms. The number of hydrogen-bond acceptors (Lipinski definition) is 4. The molecule has 0 aromatic carbocycles. The van der Waals surface area contributed by atoms with E-state index in [1.807, 2.05) is 6.08 Å². The van der Waals surface area contributed by atoms with Gasteiger partial charge in [0, 0.05) is 0 Å². The van der Waals surface area contributed by atoms with Crippen molar-refractivity contribution in [2.45, 2.75) is 276 Å². The van der Waals surface area contributed by atoms with Crippen LogP contribution in [0.3, 0.4) is 0 Å². The maximum atomic E-state index is 12.5. The summed E-state index contributed by atoms with van der Waals surface area (Å²) in [5.74, 6) is -0.498. The Morgan fingerprint density at radius 2 is 0.750 bits per heavy atom. The largest absolute Gasteiger partial charge is 0.394 e. The highest BCUT2D eigenvalue weighted by atomic mass is 16.3. The fourth-order valence-corrected chi connectivity index (χ4v) is 7.42. The topological polar surface area (TPSA) is 89.8 Å². The van der Waals surface area contributed by atoms with Gasteiger partial charge in [-0.15, -0.1) is 0 Å². The van der Waals surface area contributed by atoms with Crippen LogP contribution < -0.4 is 5.32 Å². The lowest BCUT2D eigenvalue weighted by Crippen LogP contribution is -2.48. The molecule has 0 aliphatic heterocycles. The van der Waals surface area contributed by atoms with Crippen molar-refractivity contribution in [2.24, 2.45) is 0 Å². The first kappa shape index (κ1) is 51.1. The predicted molar refractivity (Wildman–Crippen MR) is 227 cm³/mol. The average Bonchev–Trinajstić information content (AvgIpc) is 3.15. The number of aliphatic hydroxyl groups excluding tert-OH is 3. The van der Waals surface area contributed by atoms with Gasteiger partial charge < -0.3 is 20.6 Å². The van der Waals surface area contributed by atoms with Crippen molar-refractivity contribution in [3.8, 4) is 0 Å². The third-order valence-corrected chi connectivity index (χ3v) is 11.1. The number of unbranched alkanes of at least 4 members (excludes halogenated alkanes) is 35. The number of hydrogen-bond donors (Lipinski definition) is 4. The Kier molecular flexibility index (Phi) is 42.1. The lowest BCUT2D eigenvalue weighted by molar-refractivity contribution is -0.131. The first-order valence-corrected chi connectivity index (χ1v) is 23.5. The molecule has 0 aromatic heterocycles. The molecule has 0 rings (SSSR count). The van der Waals surface area contributed by atoms with Gasteiger partial charge >= 0.3 is 0 Å². The van der Waals surface area contributed by atoms with Crippen LogP contribution in [0.25, 0.3) is 0 Å². The minimum atomic E-state index is -1.09. The van der Waals surface area contributed by atoms with E-state index in [0.29, 0.717) is 6.42 Å². The Bertz CT molecular complexity index is 728. The normalized spacial score (nSPS) is 13.6. The van der Waals surface area contributed by atoms with Gasteiger partial charge in [0.05, 0.1) is 18.8 Å². The number of nitrogens with one attached hydrogen (secondary N) is 1. The Balaban J connectivity index is 3.60. The van der Waals surface area contributed by atoms with Crippen molar-refractivity contribution in [1.29, 1.82) is 0 Å². The Morgan fingerprint density at radius 1 is 0.462 bits per heavy atom. The third kappa shape index (κ3) is 37.4. The van der Waals surface area contributed by atoms with E-state index >= 15 is 0 Å². The molecule has 5 nitrogen and oxygen atoms in total. The maximum Gasteiger partial charge on any atom is 0.249 e. The second-order valence-corrected chi connectivity index (χ2v) is 16.3. The Morgan fingerprint density at radius 3 is 1.06 bits per heavy atom. The molecule has 0 aliphatic rings.